The van der Waals surface area contributed by atoms with E-state index < -0.39 is 5.60 Å². The molecule has 0 aliphatic rings. The lowest BCUT2D eigenvalue weighted by Gasteiger charge is -2.20. The number of amides is 1. The van der Waals surface area contributed by atoms with Crippen molar-refractivity contribution in [3.8, 4) is 0 Å². The molecule has 2 N–H and O–H groups in total. The van der Waals surface area contributed by atoms with Crippen molar-refractivity contribution in [2.24, 2.45) is 0 Å². The van der Waals surface area contributed by atoms with Crippen LogP contribution in [-0.2, 0) is 11.2 Å². The van der Waals surface area contributed by atoms with Crippen LogP contribution in [-0.4, -0.2) is 23.2 Å². The maximum absolute atomic E-state index is 11.6. The van der Waals surface area contributed by atoms with Gasteiger partial charge in [0.15, 0.2) is 0 Å². The molecule has 0 radical (unpaired) electrons. The van der Waals surface area contributed by atoms with Gasteiger partial charge in [0, 0.05) is 12.6 Å². The van der Waals surface area contributed by atoms with Crippen LogP contribution in [0.25, 0.3) is 6.08 Å². The van der Waals surface area contributed by atoms with Gasteiger partial charge in [-0.15, -0.1) is 0 Å². The summed E-state index contributed by atoms with van der Waals surface area (Å²) >= 11 is 0. The van der Waals surface area contributed by atoms with E-state index >= 15 is 0 Å². The van der Waals surface area contributed by atoms with Crippen molar-refractivity contribution in [2.45, 2.75) is 39.2 Å². The fraction of sp³-hybridized carbons (Fsp3) is 0.438. The Morgan fingerprint density at radius 1 is 1.32 bits per heavy atom. The normalized spacial score (nSPS) is 14.3. The summed E-state index contributed by atoms with van der Waals surface area (Å²) in [5.74, 6) is -0.187. The highest BCUT2D eigenvalue weighted by atomic mass is 16.3. The van der Waals surface area contributed by atoms with Gasteiger partial charge >= 0.3 is 0 Å². The standard InChI is InChI=1S/C16H23NO2/c1-4-13-6-8-14(9-7-13)10-11-15(18)17-12-16(3,19)5-2/h6-11,19H,4-5,12H2,1-3H3,(H,17,18). The largest absolute Gasteiger partial charge is 0.388 e. The summed E-state index contributed by atoms with van der Waals surface area (Å²) in [5, 5.41) is 12.5. The lowest BCUT2D eigenvalue weighted by molar-refractivity contribution is -0.117. The molecule has 0 saturated carbocycles. The molecule has 104 valence electrons. The third-order valence-electron chi connectivity index (χ3n) is 3.22. The monoisotopic (exact) mass is 261 g/mol. The summed E-state index contributed by atoms with van der Waals surface area (Å²) in [7, 11) is 0. The Kier molecular flexibility index (Phi) is 5.77. The van der Waals surface area contributed by atoms with Gasteiger partial charge in [0.2, 0.25) is 5.91 Å². The number of rotatable bonds is 6. The van der Waals surface area contributed by atoms with Crippen LogP contribution < -0.4 is 5.32 Å². The van der Waals surface area contributed by atoms with Gasteiger partial charge in [0.25, 0.3) is 0 Å². The molecule has 3 heteroatoms. The third-order valence-corrected chi connectivity index (χ3v) is 3.22. The maximum Gasteiger partial charge on any atom is 0.244 e. The number of carbonyl (C=O) groups is 1. The first kappa shape index (κ1) is 15.4. The third kappa shape index (κ3) is 5.71. The molecule has 1 aromatic rings. The topological polar surface area (TPSA) is 49.3 Å². The van der Waals surface area contributed by atoms with Crippen molar-refractivity contribution in [1.82, 2.24) is 5.32 Å². The molecule has 0 aromatic heterocycles. The summed E-state index contributed by atoms with van der Waals surface area (Å²) in [6, 6.07) is 8.09. The fourth-order valence-corrected chi connectivity index (χ4v) is 1.50. The van der Waals surface area contributed by atoms with Crippen LogP contribution in [0.1, 0.15) is 38.3 Å². The highest BCUT2D eigenvalue weighted by Crippen LogP contribution is 2.07. The van der Waals surface area contributed by atoms with Gasteiger partial charge in [-0.2, -0.15) is 0 Å². The SMILES string of the molecule is CCc1ccc(C=CC(=O)NCC(C)(O)CC)cc1. The summed E-state index contributed by atoms with van der Waals surface area (Å²) < 4.78 is 0. The second-order valence-corrected chi connectivity index (χ2v) is 5.00. The van der Waals surface area contributed by atoms with Gasteiger partial charge in [0.05, 0.1) is 5.60 Å². The second kappa shape index (κ2) is 7.10. The van der Waals surface area contributed by atoms with Crippen LogP contribution in [0, 0.1) is 0 Å². The zero-order valence-corrected chi connectivity index (χ0v) is 11.9. The van der Waals surface area contributed by atoms with Gasteiger partial charge < -0.3 is 10.4 Å². The Morgan fingerprint density at radius 3 is 2.47 bits per heavy atom. The number of carbonyl (C=O) groups excluding carboxylic acids is 1. The van der Waals surface area contributed by atoms with Crippen molar-refractivity contribution >= 4 is 12.0 Å². The van der Waals surface area contributed by atoms with Gasteiger partial charge in [0.1, 0.15) is 0 Å². The molecule has 0 aliphatic heterocycles. The minimum atomic E-state index is -0.841. The van der Waals surface area contributed by atoms with Crippen LogP contribution >= 0.6 is 0 Å². The number of hydrogen-bond acceptors (Lipinski definition) is 2. The average Bonchev–Trinajstić information content (AvgIpc) is 2.43. The molecule has 1 atom stereocenters. The molecular formula is C16H23NO2. The zero-order valence-electron chi connectivity index (χ0n) is 11.9. The number of nitrogens with one attached hydrogen (secondary N) is 1. The quantitative estimate of drug-likeness (QED) is 0.773. The van der Waals surface area contributed by atoms with E-state index in [0.29, 0.717) is 6.42 Å². The van der Waals surface area contributed by atoms with E-state index in [1.165, 1.54) is 11.6 Å². The summed E-state index contributed by atoms with van der Waals surface area (Å²) in [4.78, 5) is 11.6. The molecule has 1 amide bonds. The van der Waals surface area contributed by atoms with Crippen LogP contribution in [0.3, 0.4) is 0 Å². The Morgan fingerprint density at radius 2 is 1.95 bits per heavy atom. The second-order valence-electron chi connectivity index (χ2n) is 5.00. The first-order chi connectivity index (χ1) is 8.96. The molecule has 1 rings (SSSR count). The molecule has 0 fully saturated rings. The van der Waals surface area contributed by atoms with Crippen molar-refractivity contribution in [2.75, 3.05) is 6.54 Å². The summed E-state index contributed by atoms with van der Waals surface area (Å²) in [5.41, 5.74) is 1.43. The van der Waals surface area contributed by atoms with Gasteiger partial charge in [-0.3, -0.25) is 4.79 Å². The van der Waals surface area contributed by atoms with Crippen LogP contribution in [0.4, 0.5) is 0 Å². The predicted octanol–water partition coefficient (Wildman–Crippen LogP) is 2.54. The fourth-order valence-electron chi connectivity index (χ4n) is 1.50. The minimum absolute atomic E-state index is 0.187. The van der Waals surface area contributed by atoms with E-state index in [4.69, 9.17) is 0 Å². The maximum atomic E-state index is 11.6. The van der Waals surface area contributed by atoms with Crippen molar-refractivity contribution in [1.29, 1.82) is 0 Å². The lowest BCUT2D eigenvalue weighted by atomic mass is 10.0. The van der Waals surface area contributed by atoms with Crippen LogP contribution in [0.15, 0.2) is 30.3 Å². The molecule has 1 aromatic carbocycles. The molecule has 0 bridgehead atoms. The van der Waals surface area contributed by atoms with Crippen molar-refractivity contribution < 1.29 is 9.90 Å². The van der Waals surface area contributed by atoms with Crippen molar-refractivity contribution in [3.05, 3.63) is 41.5 Å². The van der Waals surface area contributed by atoms with E-state index in [9.17, 15) is 9.90 Å². The minimum Gasteiger partial charge on any atom is -0.388 e. The molecule has 0 aliphatic carbocycles. The van der Waals surface area contributed by atoms with Crippen LogP contribution in [0.5, 0.6) is 0 Å². The number of hydrogen-bond donors (Lipinski definition) is 2. The Labute approximate surface area is 115 Å². The molecule has 19 heavy (non-hydrogen) atoms. The average molecular weight is 261 g/mol. The van der Waals surface area contributed by atoms with E-state index in [-0.39, 0.29) is 12.5 Å². The Balaban J connectivity index is 2.49. The molecule has 0 saturated heterocycles. The van der Waals surface area contributed by atoms with Crippen molar-refractivity contribution in [3.63, 3.8) is 0 Å². The highest BCUT2D eigenvalue weighted by Gasteiger charge is 2.17. The molecule has 0 spiro atoms. The molecule has 1 unspecified atom stereocenters. The Bertz CT molecular complexity index is 433. The van der Waals surface area contributed by atoms with Crippen LogP contribution in [0.2, 0.25) is 0 Å². The number of aryl methyl sites for hydroxylation is 1. The van der Waals surface area contributed by atoms with E-state index in [1.807, 2.05) is 19.1 Å². The summed E-state index contributed by atoms with van der Waals surface area (Å²) in [6.45, 7) is 5.97. The lowest BCUT2D eigenvalue weighted by Crippen LogP contribution is -2.39. The number of benzene rings is 1. The first-order valence-corrected chi connectivity index (χ1v) is 6.74. The molecule has 3 nitrogen and oxygen atoms in total. The zero-order chi connectivity index (χ0) is 14.3. The van der Waals surface area contributed by atoms with E-state index in [1.54, 1.807) is 13.0 Å². The summed E-state index contributed by atoms with van der Waals surface area (Å²) in [6.07, 6.45) is 4.88. The van der Waals surface area contributed by atoms with E-state index in [2.05, 4.69) is 24.4 Å². The number of aliphatic hydroxyl groups is 1. The molecule has 0 heterocycles. The van der Waals surface area contributed by atoms with Gasteiger partial charge in [-0.05, 0) is 37.0 Å². The smallest absolute Gasteiger partial charge is 0.244 e. The first-order valence-electron chi connectivity index (χ1n) is 6.74. The highest BCUT2D eigenvalue weighted by molar-refractivity contribution is 5.91. The van der Waals surface area contributed by atoms with Gasteiger partial charge in [-0.25, -0.2) is 0 Å². The Hall–Kier alpha value is -1.61. The molecular weight excluding hydrogens is 238 g/mol. The van der Waals surface area contributed by atoms with Gasteiger partial charge in [-0.1, -0.05) is 38.1 Å². The van der Waals surface area contributed by atoms with E-state index in [0.717, 1.165) is 12.0 Å². The predicted molar refractivity (Wildman–Crippen MR) is 78.8 cm³/mol.